The van der Waals surface area contributed by atoms with E-state index in [2.05, 4.69) is 9.91 Å². The summed E-state index contributed by atoms with van der Waals surface area (Å²) in [5, 5.41) is 2.25. The van der Waals surface area contributed by atoms with Crippen LogP contribution in [0.2, 0.25) is 0 Å². The van der Waals surface area contributed by atoms with Gasteiger partial charge in [0.2, 0.25) is 0 Å². The highest BCUT2D eigenvalue weighted by atomic mass is 19.4. The summed E-state index contributed by atoms with van der Waals surface area (Å²) < 4.78 is 51.0. The second-order valence-electron chi connectivity index (χ2n) is 2.25. The average molecular weight is 209 g/mol. The van der Waals surface area contributed by atoms with E-state index in [4.69, 9.17) is 0 Å². The Morgan fingerprint density at radius 3 is 2.36 bits per heavy atom. The molecule has 0 saturated carbocycles. The smallest absolute Gasteiger partial charge is 0.406 e. The molecule has 0 aliphatic rings. The number of hydrogen-bond acceptors (Lipinski definition) is 3. The van der Waals surface area contributed by atoms with Crippen molar-refractivity contribution in [1.82, 2.24) is 0 Å². The first-order chi connectivity index (χ1) is 6.42. The maximum atomic E-state index is 12.7. The molecule has 0 unspecified atom stereocenters. The molecule has 1 rings (SSSR count). The van der Waals surface area contributed by atoms with Crippen LogP contribution in [0.5, 0.6) is 5.75 Å². The molecule has 0 aliphatic heterocycles. The van der Waals surface area contributed by atoms with E-state index in [-0.39, 0.29) is 0 Å². The van der Waals surface area contributed by atoms with Crippen LogP contribution in [0.1, 0.15) is 0 Å². The zero-order valence-corrected chi connectivity index (χ0v) is 6.51. The van der Waals surface area contributed by atoms with Gasteiger partial charge >= 0.3 is 6.36 Å². The van der Waals surface area contributed by atoms with Gasteiger partial charge in [0.25, 0.3) is 0 Å². The molecule has 0 heterocycles. The fourth-order valence-electron chi connectivity index (χ4n) is 0.759. The third-order valence-corrected chi connectivity index (χ3v) is 1.25. The summed E-state index contributed by atoms with van der Waals surface area (Å²) in [6, 6.07) is 2.03. The molecule has 0 spiro atoms. The van der Waals surface area contributed by atoms with Crippen LogP contribution in [0.3, 0.4) is 0 Å². The van der Waals surface area contributed by atoms with Crippen LogP contribution in [0.4, 0.5) is 23.2 Å². The Morgan fingerprint density at radius 1 is 1.29 bits per heavy atom. The molecule has 14 heavy (non-hydrogen) atoms. The van der Waals surface area contributed by atoms with Gasteiger partial charge in [-0.15, -0.1) is 18.1 Å². The van der Waals surface area contributed by atoms with Crippen molar-refractivity contribution in [3.63, 3.8) is 0 Å². The van der Waals surface area contributed by atoms with Gasteiger partial charge in [-0.1, -0.05) is 0 Å². The Labute approximate surface area is 75.3 Å². The van der Waals surface area contributed by atoms with Crippen LogP contribution in [-0.4, -0.2) is 6.36 Å². The summed E-state index contributed by atoms with van der Waals surface area (Å²) >= 11 is 0. The number of benzene rings is 1. The van der Waals surface area contributed by atoms with Crippen LogP contribution < -0.4 is 4.74 Å². The molecule has 0 bridgehead atoms. The largest absolute Gasteiger partial charge is 0.573 e. The molecule has 0 atom stereocenters. The zero-order chi connectivity index (χ0) is 10.8. The second kappa shape index (κ2) is 3.60. The molecule has 0 radical (unpaired) electrons. The number of nitrogens with zero attached hydrogens (tertiary/aromatic N) is 1. The molecule has 0 N–H and O–H groups in total. The van der Waals surface area contributed by atoms with Crippen molar-refractivity contribution >= 4 is 5.69 Å². The van der Waals surface area contributed by atoms with Crippen molar-refractivity contribution in [3.05, 3.63) is 28.9 Å². The van der Waals surface area contributed by atoms with Gasteiger partial charge in [0, 0.05) is 6.07 Å². The summed E-state index contributed by atoms with van der Waals surface area (Å²) in [7, 11) is 0. The first-order valence-corrected chi connectivity index (χ1v) is 3.31. The molecule has 1 aromatic rings. The Hall–Kier alpha value is -1.66. The minimum Gasteiger partial charge on any atom is -0.406 e. The lowest BCUT2D eigenvalue weighted by Gasteiger charge is -2.08. The van der Waals surface area contributed by atoms with Gasteiger partial charge in [-0.3, -0.25) is 0 Å². The van der Waals surface area contributed by atoms with Gasteiger partial charge in [0.05, 0.1) is 0 Å². The first kappa shape index (κ1) is 10.4. The van der Waals surface area contributed by atoms with Crippen LogP contribution in [0, 0.1) is 10.7 Å². The molecule has 1 aromatic carbocycles. The van der Waals surface area contributed by atoms with Gasteiger partial charge in [-0.25, -0.2) is 4.39 Å². The van der Waals surface area contributed by atoms with E-state index in [1.165, 1.54) is 0 Å². The predicted molar refractivity (Wildman–Crippen MR) is 38.5 cm³/mol. The normalized spacial score (nSPS) is 11.1. The molecule has 3 nitrogen and oxygen atoms in total. The molecule has 0 aliphatic carbocycles. The van der Waals surface area contributed by atoms with Crippen molar-refractivity contribution in [2.24, 2.45) is 5.18 Å². The number of ether oxygens (including phenoxy) is 1. The Balaban J connectivity index is 2.92. The van der Waals surface area contributed by atoms with Crippen LogP contribution >= 0.6 is 0 Å². The highest BCUT2D eigenvalue weighted by Gasteiger charge is 2.31. The van der Waals surface area contributed by atoms with Crippen LogP contribution in [-0.2, 0) is 0 Å². The van der Waals surface area contributed by atoms with Crippen LogP contribution in [0.25, 0.3) is 0 Å². The van der Waals surface area contributed by atoms with Crippen LogP contribution in [0.15, 0.2) is 23.4 Å². The first-order valence-electron chi connectivity index (χ1n) is 3.31. The number of hydrogen-bond donors (Lipinski definition) is 0. The Morgan fingerprint density at radius 2 is 1.93 bits per heavy atom. The third-order valence-electron chi connectivity index (χ3n) is 1.25. The average Bonchev–Trinajstić information content (AvgIpc) is 2.01. The molecule has 0 amide bonds. The van der Waals surface area contributed by atoms with Gasteiger partial charge in [0.15, 0.2) is 5.82 Å². The standard InChI is InChI=1S/C7H3F4NO2/c8-5-3-4(14-7(9,10)11)1-2-6(5)12-13/h1-3H. The van der Waals surface area contributed by atoms with Gasteiger partial charge in [0.1, 0.15) is 11.4 Å². The Bertz CT molecular complexity index is 350. The van der Waals surface area contributed by atoms with E-state index in [1.807, 2.05) is 0 Å². The van der Waals surface area contributed by atoms with Crippen molar-refractivity contribution in [2.45, 2.75) is 6.36 Å². The van der Waals surface area contributed by atoms with E-state index in [9.17, 15) is 22.5 Å². The minimum atomic E-state index is -4.89. The molecule has 0 aromatic heterocycles. The molecule has 0 saturated heterocycles. The van der Waals surface area contributed by atoms with E-state index in [0.717, 1.165) is 12.1 Å². The summed E-state index contributed by atoms with van der Waals surface area (Å²) in [6.45, 7) is 0. The Kier molecular flexibility index (Phi) is 2.68. The number of rotatable bonds is 2. The molecular formula is C7H3F4NO2. The maximum absolute atomic E-state index is 12.7. The second-order valence-corrected chi connectivity index (χ2v) is 2.25. The highest BCUT2D eigenvalue weighted by molar-refractivity contribution is 5.42. The summed E-state index contributed by atoms with van der Waals surface area (Å²) in [4.78, 5) is 9.87. The van der Waals surface area contributed by atoms with Crippen molar-refractivity contribution in [2.75, 3.05) is 0 Å². The number of nitroso groups, excluding NO2 is 1. The monoisotopic (exact) mass is 209 g/mol. The topological polar surface area (TPSA) is 38.7 Å². The van der Waals surface area contributed by atoms with Gasteiger partial charge in [-0.05, 0) is 17.3 Å². The third kappa shape index (κ3) is 2.68. The van der Waals surface area contributed by atoms with Gasteiger partial charge < -0.3 is 4.74 Å². The number of halogens is 4. The predicted octanol–water partition coefficient (Wildman–Crippen LogP) is 3.12. The fraction of sp³-hybridized carbons (Fsp3) is 0.143. The van der Waals surface area contributed by atoms with Gasteiger partial charge in [-0.2, -0.15) is 0 Å². The van der Waals surface area contributed by atoms with E-state index in [1.54, 1.807) is 0 Å². The molecular weight excluding hydrogens is 206 g/mol. The van der Waals surface area contributed by atoms with E-state index >= 15 is 0 Å². The van der Waals surface area contributed by atoms with Crippen molar-refractivity contribution < 1.29 is 22.3 Å². The number of alkyl halides is 3. The quantitative estimate of drug-likeness (QED) is 0.554. The summed E-state index contributed by atoms with van der Waals surface area (Å²) in [5.74, 6) is -1.90. The molecule has 0 fully saturated rings. The SMILES string of the molecule is O=Nc1ccc(OC(F)(F)F)cc1F. The summed E-state index contributed by atoms with van der Waals surface area (Å²) in [6.07, 6.45) is -4.89. The lowest BCUT2D eigenvalue weighted by molar-refractivity contribution is -0.274. The van der Waals surface area contributed by atoms with E-state index in [0.29, 0.717) is 6.07 Å². The lowest BCUT2D eigenvalue weighted by atomic mass is 10.3. The summed E-state index contributed by atoms with van der Waals surface area (Å²) in [5.41, 5.74) is -0.570. The zero-order valence-electron chi connectivity index (χ0n) is 6.51. The molecule has 7 heteroatoms. The lowest BCUT2D eigenvalue weighted by Crippen LogP contribution is -2.17. The fourth-order valence-corrected chi connectivity index (χ4v) is 0.759. The van der Waals surface area contributed by atoms with Crippen molar-refractivity contribution in [3.8, 4) is 5.75 Å². The highest BCUT2D eigenvalue weighted by Crippen LogP contribution is 2.27. The van der Waals surface area contributed by atoms with E-state index < -0.39 is 23.6 Å². The molecule has 76 valence electrons. The maximum Gasteiger partial charge on any atom is 0.573 e. The van der Waals surface area contributed by atoms with Crippen molar-refractivity contribution in [1.29, 1.82) is 0 Å². The minimum absolute atomic E-state index is 0.435.